The average molecular weight is 456 g/mol. The first-order chi connectivity index (χ1) is 16.5. The van der Waals surface area contributed by atoms with Gasteiger partial charge in [0.15, 0.2) is 0 Å². The summed E-state index contributed by atoms with van der Waals surface area (Å²) < 4.78 is 2.86. The van der Waals surface area contributed by atoms with Gasteiger partial charge in [0.2, 0.25) is 5.91 Å². The largest absolute Gasteiger partial charge is 0.356 e. The summed E-state index contributed by atoms with van der Waals surface area (Å²) in [7, 11) is 0. The molecule has 0 bridgehead atoms. The third-order valence-corrected chi connectivity index (χ3v) is 6.05. The molecule has 1 aromatic heterocycles. The van der Waals surface area contributed by atoms with Crippen LogP contribution in [0.5, 0.6) is 0 Å². The lowest BCUT2D eigenvalue weighted by Crippen LogP contribution is -2.39. The molecule has 0 aliphatic carbocycles. The number of amides is 1. The molecule has 6 nitrogen and oxygen atoms in total. The number of carbonyl (C=O) groups excluding carboxylic acids is 1. The first-order valence-corrected chi connectivity index (χ1v) is 11.6. The maximum absolute atomic E-state index is 13.6. The predicted octanol–water partition coefficient (Wildman–Crippen LogP) is 3.97. The zero-order chi connectivity index (χ0) is 24.1. The first kappa shape index (κ1) is 23.2. The highest BCUT2D eigenvalue weighted by atomic mass is 16.2. The number of benzene rings is 3. The van der Waals surface area contributed by atoms with Gasteiger partial charge in [-0.1, -0.05) is 61.9 Å². The van der Waals surface area contributed by atoms with Crippen LogP contribution in [0, 0.1) is 6.92 Å². The van der Waals surface area contributed by atoms with Crippen molar-refractivity contribution in [2.75, 3.05) is 6.54 Å². The van der Waals surface area contributed by atoms with Gasteiger partial charge in [-0.25, -0.2) is 9.36 Å². The number of nitrogens with one attached hydrogen (secondary N) is 1. The third kappa shape index (κ3) is 4.86. The summed E-state index contributed by atoms with van der Waals surface area (Å²) in [6.07, 6.45) is 2.23. The van der Waals surface area contributed by atoms with Crippen LogP contribution in [0.1, 0.15) is 36.5 Å². The van der Waals surface area contributed by atoms with Gasteiger partial charge in [-0.3, -0.25) is 14.2 Å². The van der Waals surface area contributed by atoms with Crippen molar-refractivity contribution in [2.45, 2.75) is 39.7 Å². The first-order valence-electron chi connectivity index (χ1n) is 11.6. The van der Waals surface area contributed by atoms with Crippen LogP contribution in [0.2, 0.25) is 0 Å². The van der Waals surface area contributed by atoms with Crippen molar-refractivity contribution in [1.82, 2.24) is 14.5 Å². The highest BCUT2D eigenvalue weighted by Crippen LogP contribution is 2.15. The Morgan fingerprint density at radius 2 is 1.62 bits per heavy atom. The van der Waals surface area contributed by atoms with E-state index in [1.807, 2.05) is 37.3 Å². The number of fused-ring (bicyclic) bond motifs is 1. The summed E-state index contributed by atoms with van der Waals surface area (Å²) in [6, 6.07) is 22.1. The molecule has 1 heterocycles. The number of aromatic nitrogens is 2. The van der Waals surface area contributed by atoms with Gasteiger partial charge < -0.3 is 5.32 Å². The molecule has 4 rings (SSSR count). The fraction of sp³-hybridized carbons (Fsp3) is 0.250. The summed E-state index contributed by atoms with van der Waals surface area (Å²) >= 11 is 0. The highest BCUT2D eigenvalue weighted by Gasteiger charge is 2.15. The van der Waals surface area contributed by atoms with Crippen LogP contribution < -0.4 is 16.6 Å². The van der Waals surface area contributed by atoms with E-state index in [2.05, 4.69) is 12.2 Å². The van der Waals surface area contributed by atoms with E-state index in [9.17, 15) is 14.4 Å². The third-order valence-electron chi connectivity index (χ3n) is 6.05. The van der Waals surface area contributed by atoms with Gasteiger partial charge in [0, 0.05) is 6.54 Å². The molecule has 1 amide bonds. The molecule has 4 aromatic rings. The van der Waals surface area contributed by atoms with Crippen LogP contribution in [0.4, 0.5) is 0 Å². The SMILES string of the molecule is CCCCNC(=O)Cc1ccc(-n2c(=O)c3ccccc3n(Cc3ccccc3C)c2=O)cc1. The molecular formula is C28H29N3O3. The second kappa shape index (κ2) is 10.3. The normalized spacial score (nSPS) is 11.0. The molecule has 0 radical (unpaired) electrons. The number of hydrogen-bond acceptors (Lipinski definition) is 3. The van der Waals surface area contributed by atoms with Gasteiger partial charge in [-0.2, -0.15) is 0 Å². The van der Waals surface area contributed by atoms with E-state index in [1.165, 1.54) is 4.57 Å². The van der Waals surface area contributed by atoms with Crippen molar-refractivity contribution in [2.24, 2.45) is 0 Å². The van der Waals surface area contributed by atoms with Crippen LogP contribution >= 0.6 is 0 Å². The Balaban J connectivity index is 1.73. The van der Waals surface area contributed by atoms with Crippen molar-refractivity contribution in [1.29, 1.82) is 0 Å². The molecule has 0 unspecified atom stereocenters. The Morgan fingerprint density at radius 3 is 2.35 bits per heavy atom. The Labute approximate surface area is 198 Å². The topological polar surface area (TPSA) is 73.1 Å². The Kier molecular flexibility index (Phi) is 7.07. The number of unbranched alkanes of at least 4 members (excludes halogenated alkanes) is 1. The number of hydrogen-bond donors (Lipinski definition) is 1. The molecule has 0 aliphatic heterocycles. The van der Waals surface area contributed by atoms with Crippen molar-refractivity contribution in [3.8, 4) is 5.69 Å². The summed E-state index contributed by atoms with van der Waals surface area (Å²) in [4.78, 5) is 39.0. The molecule has 0 spiro atoms. The molecular weight excluding hydrogens is 426 g/mol. The van der Waals surface area contributed by atoms with Gasteiger partial charge >= 0.3 is 5.69 Å². The number of para-hydroxylation sites is 1. The zero-order valence-electron chi connectivity index (χ0n) is 19.6. The van der Waals surface area contributed by atoms with Crippen molar-refractivity contribution in [3.63, 3.8) is 0 Å². The van der Waals surface area contributed by atoms with E-state index in [-0.39, 0.29) is 17.9 Å². The Morgan fingerprint density at radius 1 is 0.912 bits per heavy atom. The zero-order valence-corrected chi connectivity index (χ0v) is 19.6. The maximum atomic E-state index is 13.6. The van der Waals surface area contributed by atoms with Crippen LogP contribution in [0.3, 0.4) is 0 Å². The van der Waals surface area contributed by atoms with Crippen molar-refractivity contribution < 1.29 is 4.79 Å². The van der Waals surface area contributed by atoms with Gasteiger partial charge in [-0.15, -0.1) is 0 Å². The van der Waals surface area contributed by atoms with Crippen LogP contribution in [-0.2, 0) is 17.8 Å². The predicted molar refractivity (Wildman–Crippen MR) is 136 cm³/mol. The highest BCUT2D eigenvalue weighted by molar-refractivity contribution is 5.79. The quantitative estimate of drug-likeness (QED) is 0.409. The smallest absolute Gasteiger partial charge is 0.336 e. The lowest BCUT2D eigenvalue weighted by molar-refractivity contribution is -0.120. The molecule has 0 aliphatic rings. The Bertz CT molecular complexity index is 1430. The molecule has 34 heavy (non-hydrogen) atoms. The molecule has 6 heteroatoms. The second-order valence-corrected chi connectivity index (χ2v) is 8.50. The van der Waals surface area contributed by atoms with Crippen molar-refractivity contribution in [3.05, 3.63) is 110 Å². The van der Waals surface area contributed by atoms with Gasteiger partial charge in [0.25, 0.3) is 5.56 Å². The summed E-state index contributed by atoms with van der Waals surface area (Å²) in [5.41, 5.74) is 3.27. The summed E-state index contributed by atoms with van der Waals surface area (Å²) in [6.45, 7) is 5.12. The Hall–Kier alpha value is -3.93. The monoisotopic (exact) mass is 455 g/mol. The average Bonchev–Trinajstić information content (AvgIpc) is 2.84. The number of rotatable bonds is 8. The number of nitrogens with zero attached hydrogens (tertiary/aromatic N) is 2. The summed E-state index contributed by atoms with van der Waals surface area (Å²) in [5.74, 6) is -0.0374. The minimum absolute atomic E-state index is 0.0374. The van der Waals surface area contributed by atoms with E-state index in [0.29, 0.717) is 29.7 Å². The second-order valence-electron chi connectivity index (χ2n) is 8.50. The molecule has 0 fully saturated rings. The van der Waals surface area contributed by atoms with E-state index in [4.69, 9.17) is 0 Å². The van der Waals surface area contributed by atoms with Crippen LogP contribution in [-0.4, -0.2) is 21.6 Å². The lowest BCUT2D eigenvalue weighted by Gasteiger charge is -2.15. The molecule has 3 aromatic carbocycles. The van der Waals surface area contributed by atoms with E-state index in [0.717, 1.165) is 29.5 Å². The van der Waals surface area contributed by atoms with E-state index in [1.54, 1.807) is 47.0 Å². The molecule has 0 atom stereocenters. The molecule has 0 saturated carbocycles. The molecule has 0 saturated heterocycles. The summed E-state index contributed by atoms with van der Waals surface area (Å²) in [5, 5.41) is 3.39. The van der Waals surface area contributed by atoms with Gasteiger partial charge in [0.1, 0.15) is 0 Å². The van der Waals surface area contributed by atoms with Crippen molar-refractivity contribution >= 4 is 16.8 Å². The van der Waals surface area contributed by atoms with Gasteiger partial charge in [-0.05, 0) is 54.3 Å². The van der Waals surface area contributed by atoms with Crippen LogP contribution in [0.15, 0.2) is 82.4 Å². The van der Waals surface area contributed by atoms with E-state index < -0.39 is 5.69 Å². The maximum Gasteiger partial charge on any atom is 0.336 e. The number of aryl methyl sites for hydroxylation is 1. The number of carbonyl (C=O) groups is 1. The minimum Gasteiger partial charge on any atom is -0.356 e. The van der Waals surface area contributed by atoms with E-state index >= 15 is 0 Å². The molecule has 1 N–H and O–H groups in total. The standard InChI is InChI=1S/C28H29N3O3/c1-3-4-17-29-26(32)18-21-13-15-23(16-14-21)31-27(33)24-11-7-8-12-25(24)30(28(31)34)19-22-10-6-5-9-20(22)2/h5-16H,3-4,17-19H2,1-2H3,(H,29,32). The fourth-order valence-electron chi connectivity index (χ4n) is 4.07. The van der Waals surface area contributed by atoms with Gasteiger partial charge in [0.05, 0.1) is 29.6 Å². The fourth-order valence-corrected chi connectivity index (χ4v) is 4.07. The lowest BCUT2D eigenvalue weighted by atomic mass is 10.1. The minimum atomic E-state index is -0.392. The van der Waals surface area contributed by atoms with Crippen LogP contribution in [0.25, 0.3) is 16.6 Å². The molecule has 174 valence electrons.